The van der Waals surface area contributed by atoms with Gasteiger partial charge >= 0.3 is 5.97 Å². The minimum atomic E-state index is -3.49. The van der Waals surface area contributed by atoms with E-state index in [2.05, 4.69) is 15.2 Å². The summed E-state index contributed by atoms with van der Waals surface area (Å²) in [5.74, 6) is 0.205. The fraction of sp³-hybridized carbons (Fsp3) is 0.368. The Morgan fingerprint density at radius 3 is 2.56 bits per heavy atom. The Labute approximate surface area is 308 Å². The summed E-state index contributed by atoms with van der Waals surface area (Å²) in [6.45, 7) is 4.66. The van der Waals surface area contributed by atoms with E-state index >= 15 is 0 Å². The minimum absolute atomic E-state index is 0.000991. The number of halogens is 1. The molecule has 2 heterocycles. The fourth-order valence-electron chi connectivity index (χ4n) is 5.88. The van der Waals surface area contributed by atoms with Crippen molar-refractivity contribution in [2.45, 2.75) is 56.6 Å². The molecule has 4 N–H and O–H groups in total. The van der Waals surface area contributed by atoms with E-state index in [0.717, 1.165) is 66.7 Å². The molecule has 2 atom stereocenters. The third-order valence-electron chi connectivity index (χ3n) is 8.84. The van der Waals surface area contributed by atoms with Gasteiger partial charge in [-0.25, -0.2) is 8.42 Å². The Kier molecular flexibility index (Phi) is 13.5. The molecule has 0 saturated carbocycles. The van der Waals surface area contributed by atoms with E-state index in [4.69, 9.17) is 25.8 Å². The molecular weight excluding hydrogens is 710 g/mol. The number of carbonyl (C=O) groups is 1. The van der Waals surface area contributed by atoms with Crippen molar-refractivity contribution in [3.63, 3.8) is 0 Å². The average molecular weight is 754 g/mol. The smallest absolute Gasteiger partial charge is 0.323 e. The summed E-state index contributed by atoms with van der Waals surface area (Å²) >= 11 is 6.67. The lowest BCUT2D eigenvalue weighted by atomic mass is 9.96. The van der Waals surface area contributed by atoms with Crippen molar-refractivity contribution in [3.05, 3.63) is 100 Å². The van der Waals surface area contributed by atoms with E-state index in [-0.39, 0.29) is 35.8 Å². The zero-order valence-electron chi connectivity index (χ0n) is 29.1. The number of sulfone groups is 1. The molecule has 1 saturated heterocycles. The fourth-order valence-corrected chi connectivity index (χ4v) is 6.74. The predicted octanol–water partition coefficient (Wildman–Crippen LogP) is 4.64. The van der Waals surface area contributed by atoms with E-state index in [1.54, 1.807) is 12.1 Å². The number of likely N-dealkylation sites (tertiary alicyclic amines) is 1. The lowest BCUT2D eigenvalue weighted by molar-refractivity contribution is -0.140. The first-order valence-electron chi connectivity index (χ1n) is 16.9. The largest absolute Gasteiger partial charge is 0.494 e. The van der Waals surface area contributed by atoms with Gasteiger partial charge in [-0.2, -0.15) is 0 Å². The molecule has 3 aromatic carbocycles. The average Bonchev–Trinajstić information content (AvgIpc) is 3.54. The summed E-state index contributed by atoms with van der Waals surface area (Å²) in [5, 5.41) is 31.7. The van der Waals surface area contributed by atoms with Crippen molar-refractivity contribution in [1.82, 2.24) is 15.2 Å². The zero-order valence-corrected chi connectivity index (χ0v) is 30.7. The third kappa shape index (κ3) is 10.7. The maximum Gasteiger partial charge on any atom is 0.323 e. The summed E-state index contributed by atoms with van der Waals surface area (Å²) in [6, 6.07) is 17.4. The number of nitrogens with one attached hydrogen (secondary N) is 1. The van der Waals surface area contributed by atoms with Crippen LogP contribution in [0.25, 0.3) is 11.1 Å². The Balaban J connectivity index is 1.30. The molecule has 0 aliphatic carbocycles. The zero-order chi connectivity index (χ0) is 37.3. The second-order valence-corrected chi connectivity index (χ2v) is 15.2. The highest BCUT2D eigenvalue weighted by molar-refractivity contribution is 7.90. The molecule has 0 radical (unpaired) electrons. The standard InChI is InChI=1S/C38H44ClN3O9S/c1-25-28(7-4-9-33(25)27-6-3-8-31(15-27)49-13-5-11-42-12-10-30(44)21-42)24-51-37-17-36(29(16-34(37)39)19-41-35(22-43)38(45)46)50-23-26-14-32(20-40-18-26)52(2,47)48/h3-4,6-9,14-18,20,30,35,41,43-44H,5,10-13,19,21-24H2,1-2H3,(H,45,46)/t30-,35?/m1/s1. The van der Waals surface area contributed by atoms with Gasteiger partial charge in [-0.1, -0.05) is 41.9 Å². The van der Waals surface area contributed by atoms with Crippen molar-refractivity contribution in [3.8, 4) is 28.4 Å². The SMILES string of the molecule is Cc1c(COc2cc(OCc3cncc(S(C)(=O)=O)c3)c(CNC(CO)C(=O)O)cc2Cl)cccc1-c1cccc(OCCCN2CC[C@@H](O)C2)c1. The van der Waals surface area contributed by atoms with Crippen LogP contribution in [0.1, 0.15) is 35.1 Å². The van der Waals surface area contributed by atoms with Gasteiger partial charge in [0.2, 0.25) is 0 Å². The summed E-state index contributed by atoms with van der Waals surface area (Å²) < 4.78 is 42.5. The van der Waals surface area contributed by atoms with Gasteiger partial charge in [-0.15, -0.1) is 0 Å². The molecule has 0 bridgehead atoms. The van der Waals surface area contributed by atoms with E-state index in [1.807, 2.05) is 49.4 Å². The first-order valence-corrected chi connectivity index (χ1v) is 19.2. The van der Waals surface area contributed by atoms with Gasteiger partial charge in [0.15, 0.2) is 9.84 Å². The van der Waals surface area contributed by atoms with Gasteiger partial charge in [0, 0.05) is 62.0 Å². The van der Waals surface area contributed by atoms with Crippen LogP contribution in [0.2, 0.25) is 5.02 Å². The van der Waals surface area contributed by atoms with Crippen LogP contribution in [-0.4, -0.2) is 90.8 Å². The number of aliphatic carboxylic acids is 1. The Bertz CT molecular complexity index is 1960. The number of pyridine rings is 1. The summed E-state index contributed by atoms with van der Waals surface area (Å²) in [4.78, 5) is 17.8. The molecule has 0 spiro atoms. The Hall–Kier alpha value is -4.24. The molecule has 1 aliphatic rings. The molecule has 278 valence electrons. The lowest BCUT2D eigenvalue weighted by Gasteiger charge is -2.18. The normalized spacial score (nSPS) is 15.4. The lowest BCUT2D eigenvalue weighted by Crippen LogP contribution is -2.39. The minimum Gasteiger partial charge on any atom is -0.494 e. The van der Waals surface area contributed by atoms with Crippen LogP contribution in [0.5, 0.6) is 17.2 Å². The molecule has 52 heavy (non-hydrogen) atoms. The van der Waals surface area contributed by atoms with Gasteiger partial charge < -0.3 is 34.4 Å². The summed E-state index contributed by atoms with van der Waals surface area (Å²) in [7, 11) is -3.49. The Morgan fingerprint density at radius 1 is 1.04 bits per heavy atom. The molecule has 14 heteroatoms. The maximum absolute atomic E-state index is 12.1. The maximum atomic E-state index is 12.1. The molecule has 1 unspecified atom stereocenters. The first-order chi connectivity index (χ1) is 24.9. The van der Waals surface area contributed by atoms with E-state index < -0.39 is 28.5 Å². The highest BCUT2D eigenvalue weighted by Gasteiger charge is 2.20. The second kappa shape index (κ2) is 18.0. The number of aliphatic hydroxyl groups excluding tert-OH is 2. The molecule has 4 aromatic rings. The number of aromatic nitrogens is 1. The van der Waals surface area contributed by atoms with Crippen molar-refractivity contribution in [2.24, 2.45) is 0 Å². The van der Waals surface area contributed by atoms with Crippen LogP contribution in [0.4, 0.5) is 0 Å². The van der Waals surface area contributed by atoms with Gasteiger partial charge in [0.1, 0.15) is 36.5 Å². The van der Waals surface area contributed by atoms with Crippen LogP contribution in [0, 0.1) is 6.92 Å². The molecule has 5 rings (SSSR count). The summed E-state index contributed by atoms with van der Waals surface area (Å²) in [6.07, 6.45) is 5.31. The number of nitrogens with zero attached hydrogens (tertiary/aromatic N) is 2. The third-order valence-corrected chi connectivity index (χ3v) is 10.2. The van der Waals surface area contributed by atoms with Crippen molar-refractivity contribution >= 4 is 27.4 Å². The van der Waals surface area contributed by atoms with Crippen LogP contribution < -0.4 is 19.5 Å². The topological polar surface area (TPSA) is 168 Å². The highest BCUT2D eigenvalue weighted by Crippen LogP contribution is 2.35. The molecule has 12 nitrogen and oxygen atoms in total. The summed E-state index contributed by atoms with van der Waals surface area (Å²) in [5.41, 5.74) is 4.97. The van der Waals surface area contributed by atoms with Gasteiger partial charge in [0.05, 0.1) is 29.2 Å². The number of carboxylic acid groups (broad SMARTS) is 1. The number of hydrogen-bond donors (Lipinski definition) is 4. The number of ether oxygens (including phenoxy) is 3. The van der Waals surface area contributed by atoms with Gasteiger partial charge in [-0.3, -0.25) is 15.1 Å². The van der Waals surface area contributed by atoms with E-state index in [0.29, 0.717) is 29.2 Å². The molecular formula is C38H44ClN3O9S. The van der Waals surface area contributed by atoms with Crippen LogP contribution in [0.15, 0.2) is 78.0 Å². The molecule has 1 aromatic heterocycles. The van der Waals surface area contributed by atoms with Crippen molar-refractivity contribution in [2.75, 3.05) is 39.1 Å². The quantitative estimate of drug-likeness (QED) is 0.104. The number of carboxylic acids is 1. The second-order valence-electron chi connectivity index (χ2n) is 12.8. The van der Waals surface area contributed by atoms with E-state index in [1.165, 1.54) is 18.5 Å². The number of benzene rings is 3. The Morgan fingerprint density at radius 2 is 1.83 bits per heavy atom. The highest BCUT2D eigenvalue weighted by atomic mass is 35.5. The van der Waals surface area contributed by atoms with E-state index in [9.17, 15) is 28.5 Å². The first kappa shape index (κ1) is 39.0. The number of rotatable bonds is 18. The predicted molar refractivity (Wildman–Crippen MR) is 197 cm³/mol. The van der Waals surface area contributed by atoms with Crippen LogP contribution in [0.3, 0.4) is 0 Å². The molecule has 0 amide bonds. The van der Waals surface area contributed by atoms with Gasteiger partial charge in [-0.05, 0) is 66.3 Å². The monoisotopic (exact) mass is 753 g/mol. The molecule has 1 aliphatic heterocycles. The van der Waals surface area contributed by atoms with Gasteiger partial charge in [0.25, 0.3) is 0 Å². The number of β-amino-alcohol motifs (C(OH)–C–C–N with tert-alkyl or cyclic N) is 1. The molecule has 1 fully saturated rings. The number of hydrogen-bond acceptors (Lipinski definition) is 11. The van der Waals surface area contributed by atoms with Crippen LogP contribution in [-0.2, 0) is 34.4 Å². The number of aliphatic hydroxyl groups is 2. The van der Waals surface area contributed by atoms with Crippen molar-refractivity contribution in [1.29, 1.82) is 0 Å². The van der Waals surface area contributed by atoms with Crippen molar-refractivity contribution < 1.29 is 42.7 Å². The van der Waals surface area contributed by atoms with Crippen LogP contribution >= 0.6 is 11.6 Å².